The van der Waals surface area contributed by atoms with Gasteiger partial charge in [0.05, 0.1) is 20.8 Å². The number of rotatable bonds is 7. The van der Waals surface area contributed by atoms with E-state index < -0.39 is 17.6 Å². The fourth-order valence-corrected chi connectivity index (χ4v) is 2.49. The van der Waals surface area contributed by atoms with Crippen molar-refractivity contribution in [3.8, 4) is 11.5 Å². The maximum Gasteiger partial charge on any atom is 0.251 e. The van der Waals surface area contributed by atoms with Crippen molar-refractivity contribution >= 4 is 27.7 Å². The third-order valence-corrected chi connectivity index (χ3v) is 4.04. The Morgan fingerprint density at radius 3 is 2.42 bits per heavy atom. The smallest absolute Gasteiger partial charge is 0.251 e. The van der Waals surface area contributed by atoms with Crippen LogP contribution in [-0.4, -0.2) is 32.6 Å². The minimum atomic E-state index is -0.434. The maximum atomic E-state index is 13.7. The molecular formula is C18H18BrFN2O4. The number of hydrogen-bond acceptors (Lipinski definition) is 4. The number of nitrogens with one attached hydrogen (secondary N) is 2. The third-order valence-electron chi connectivity index (χ3n) is 3.55. The lowest BCUT2D eigenvalue weighted by Crippen LogP contribution is -2.36. The van der Waals surface area contributed by atoms with Crippen molar-refractivity contribution in [3.05, 3.63) is 57.8 Å². The molecule has 0 atom stereocenters. The number of amides is 2. The summed E-state index contributed by atoms with van der Waals surface area (Å²) in [5.41, 5.74) is 0.683. The van der Waals surface area contributed by atoms with E-state index in [1.54, 1.807) is 24.3 Å². The molecule has 0 aliphatic heterocycles. The van der Waals surface area contributed by atoms with Gasteiger partial charge in [-0.1, -0.05) is 22.0 Å². The van der Waals surface area contributed by atoms with E-state index in [1.807, 2.05) is 0 Å². The van der Waals surface area contributed by atoms with Crippen molar-refractivity contribution in [2.45, 2.75) is 6.54 Å². The van der Waals surface area contributed by atoms with Crippen molar-refractivity contribution < 1.29 is 23.5 Å². The molecule has 0 saturated heterocycles. The number of methoxy groups -OCH3 is 2. The Morgan fingerprint density at radius 1 is 1.04 bits per heavy atom. The van der Waals surface area contributed by atoms with Gasteiger partial charge in [-0.05, 0) is 30.3 Å². The van der Waals surface area contributed by atoms with Crippen LogP contribution in [0.15, 0.2) is 40.9 Å². The minimum absolute atomic E-state index is 0.0319. The highest BCUT2D eigenvalue weighted by Crippen LogP contribution is 2.27. The summed E-state index contributed by atoms with van der Waals surface area (Å²) in [5, 5.41) is 5.05. The second-order valence-electron chi connectivity index (χ2n) is 5.26. The number of ether oxygens (including phenoxy) is 2. The van der Waals surface area contributed by atoms with Gasteiger partial charge in [-0.25, -0.2) is 4.39 Å². The molecule has 2 amide bonds. The molecule has 8 heteroatoms. The van der Waals surface area contributed by atoms with E-state index >= 15 is 0 Å². The van der Waals surface area contributed by atoms with Crippen LogP contribution in [0, 0.1) is 5.82 Å². The summed E-state index contributed by atoms with van der Waals surface area (Å²) in [6.07, 6.45) is 0. The Bertz CT molecular complexity index is 814. The molecule has 2 aromatic carbocycles. The third kappa shape index (κ3) is 5.19. The van der Waals surface area contributed by atoms with Gasteiger partial charge in [0.2, 0.25) is 5.91 Å². The number of carbonyl (C=O) groups is 2. The highest BCUT2D eigenvalue weighted by molar-refractivity contribution is 9.10. The van der Waals surface area contributed by atoms with Gasteiger partial charge >= 0.3 is 0 Å². The first-order valence-corrected chi connectivity index (χ1v) is 8.44. The highest BCUT2D eigenvalue weighted by Gasteiger charge is 2.12. The topological polar surface area (TPSA) is 76.7 Å². The van der Waals surface area contributed by atoms with Gasteiger partial charge in [0.25, 0.3) is 5.91 Å². The van der Waals surface area contributed by atoms with Crippen LogP contribution < -0.4 is 20.1 Å². The molecule has 138 valence electrons. The summed E-state index contributed by atoms with van der Waals surface area (Å²) in [5.74, 6) is -0.375. The molecule has 6 nitrogen and oxygen atoms in total. The lowest BCUT2D eigenvalue weighted by molar-refractivity contribution is -0.120. The molecule has 0 saturated carbocycles. The Hall–Kier alpha value is -2.61. The normalized spacial score (nSPS) is 10.2. The molecule has 0 radical (unpaired) electrons. The Labute approximate surface area is 158 Å². The van der Waals surface area contributed by atoms with Crippen molar-refractivity contribution in [2.75, 3.05) is 20.8 Å². The van der Waals surface area contributed by atoms with E-state index in [-0.39, 0.29) is 13.1 Å². The van der Waals surface area contributed by atoms with E-state index in [0.29, 0.717) is 27.1 Å². The summed E-state index contributed by atoms with van der Waals surface area (Å²) in [4.78, 5) is 24.0. The fourth-order valence-electron chi connectivity index (χ4n) is 2.16. The van der Waals surface area contributed by atoms with Gasteiger partial charge in [-0.3, -0.25) is 9.59 Å². The molecule has 0 fully saturated rings. The van der Waals surface area contributed by atoms with Gasteiger partial charge < -0.3 is 20.1 Å². The molecule has 2 N–H and O–H groups in total. The van der Waals surface area contributed by atoms with Crippen LogP contribution in [0.5, 0.6) is 11.5 Å². The second kappa shape index (κ2) is 9.19. The molecule has 2 aromatic rings. The Morgan fingerprint density at radius 2 is 1.77 bits per heavy atom. The number of benzene rings is 2. The van der Waals surface area contributed by atoms with Gasteiger partial charge in [-0.15, -0.1) is 0 Å². The highest BCUT2D eigenvalue weighted by atomic mass is 79.9. The summed E-state index contributed by atoms with van der Waals surface area (Å²) in [6, 6.07) is 9.25. The summed E-state index contributed by atoms with van der Waals surface area (Å²) < 4.78 is 24.6. The van der Waals surface area contributed by atoms with E-state index in [0.717, 1.165) is 0 Å². The van der Waals surface area contributed by atoms with Crippen LogP contribution in [0.4, 0.5) is 4.39 Å². The predicted molar refractivity (Wildman–Crippen MR) is 97.8 cm³/mol. The monoisotopic (exact) mass is 424 g/mol. The summed E-state index contributed by atoms with van der Waals surface area (Å²) >= 11 is 3.17. The first kappa shape index (κ1) is 19.7. The van der Waals surface area contributed by atoms with Crippen molar-refractivity contribution in [1.29, 1.82) is 0 Å². The quantitative estimate of drug-likeness (QED) is 0.716. The van der Waals surface area contributed by atoms with E-state index in [2.05, 4.69) is 26.6 Å². The molecule has 0 spiro atoms. The fraction of sp³-hybridized carbons (Fsp3) is 0.222. The van der Waals surface area contributed by atoms with Crippen molar-refractivity contribution in [1.82, 2.24) is 10.6 Å². The van der Waals surface area contributed by atoms with Crippen molar-refractivity contribution in [3.63, 3.8) is 0 Å². The Balaban J connectivity index is 1.87. The minimum Gasteiger partial charge on any atom is -0.493 e. The standard InChI is InChI=1S/C18H18BrFN2O4/c1-25-15-6-4-11(7-16(15)26-2)18(24)22-10-17(23)21-9-12-3-5-13(19)8-14(12)20/h3-8H,9-10H2,1-2H3,(H,21,23)(H,22,24). The molecule has 0 aromatic heterocycles. The SMILES string of the molecule is COc1ccc(C(=O)NCC(=O)NCc2ccc(Br)cc2F)cc1OC. The average Bonchev–Trinajstić information content (AvgIpc) is 2.64. The molecular weight excluding hydrogens is 407 g/mol. The molecule has 0 heterocycles. The van der Waals surface area contributed by atoms with E-state index in [9.17, 15) is 14.0 Å². The maximum absolute atomic E-state index is 13.7. The first-order valence-electron chi connectivity index (χ1n) is 7.65. The lowest BCUT2D eigenvalue weighted by Gasteiger charge is -2.10. The zero-order valence-corrected chi connectivity index (χ0v) is 15.9. The van der Waals surface area contributed by atoms with Crippen LogP contribution in [0.25, 0.3) is 0 Å². The molecule has 0 bridgehead atoms. The molecule has 0 aliphatic rings. The average molecular weight is 425 g/mol. The zero-order chi connectivity index (χ0) is 19.1. The van der Waals surface area contributed by atoms with Gasteiger partial charge in [0, 0.05) is 22.1 Å². The van der Waals surface area contributed by atoms with Crippen molar-refractivity contribution in [2.24, 2.45) is 0 Å². The molecule has 0 unspecified atom stereocenters. The van der Waals surface area contributed by atoms with E-state index in [4.69, 9.17) is 9.47 Å². The van der Waals surface area contributed by atoms with E-state index in [1.165, 1.54) is 26.4 Å². The van der Waals surface area contributed by atoms with Gasteiger partial charge in [0.15, 0.2) is 11.5 Å². The molecule has 0 aliphatic carbocycles. The van der Waals surface area contributed by atoms with Gasteiger partial charge in [-0.2, -0.15) is 0 Å². The molecule has 26 heavy (non-hydrogen) atoms. The second-order valence-corrected chi connectivity index (χ2v) is 6.18. The van der Waals surface area contributed by atoms with Crippen LogP contribution in [0.3, 0.4) is 0 Å². The largest absolute Gasteiger partial charge is 0.493 e. The Kier molecular flexibility index (Phi) is 6.97. The number of carbonyl (C=O) groups excluding carboxylic acids is 2. The number of halogens is 2. The number of hydrogen-bond donors (Lipinski definition) is 2. The zero-order valence-electron chi connectivity index (χ0n) is 14.3. The van der Waals surface area contributed by atoms with Crippen LogP contribution >= 0.6 is 15.9 Å². The lowest BCUT2D eigenvalue weighted by atomic mass is 10.2. The predicted octanol–water partition coefficient (Wildman–Crippen LogP) is 2.65. The first-order chi connectivity index (χ1) is 12.4. The molecule has 2 rings (SSSR count). The van der Waals surface area contributed by atoms with Crippen LogP contribution in [0.2, 0.25) is 0 Å². The van der Waals surface area contributed by atoms with Gasteiger partial charge in [0.1, 0.15) is 5.82 Å². The van der Waals surface area contributed by atoms with Crippen LogP contribution in [0.1, 0.15) is 15.9 Å². The summed E-state index contributed by atoms with van der Waals surface area (Å²) in [6.45, 7) is -0.199. The summed E-state index contributed by atoms with van der Waals surface area (Å²) in [7, 11) is 2.96. The van der Waals surface area contributed by atoms with Crippen LogP contribution in [-0.2, 0) is 11.3 Å².